The number of carbonyl (C=O) groups excluding carboxylic acids is 2. The Balaban J connectivity index is 1.57. The zero-order chi connectivity index (χ0) is 18.9. The molecule has 1 fully saturated rings. The number of likely N-dealkylation sites (tertiary alicyclic amines) is 1. The van der Waals surface area contributed by atoms with Crippen molar-refractivity contribution >= 4 is 11.8 Å². The van der Waals surface area contributed by atoms with Gasteiger partial charge in [-0.15, -0.1) is 0 Å². The van der Waals surface area contributed by atoms with Crippen molar-refractivity contribution in [3.63, 3.8) is 0 Å². The lowest BCUT2D eigenvalue weighted by Crippen LogP contribution is -2.56. The predicted octanol–water partition coefficient (Wildman–Crippen LogP) is 1.50. The Hall–Kier alpha value is -3.17. The number of amides is 2. The fraction of sp³-hybridized carbons (Fsp3) is 0.250. The van der Waals surface area contributed by atoms with E-state index < -0.39 is 23.7 Å². The summed E-state index contributed by atoms with van der Waals surface area (Å²) in [6.45, 7) is 0.516. The molecule has 7 nitrogen and oxygen atoms in total. The summed E-state index contributed by atoms with van der Waals surface area (Å²) < 4.78 is 43.1. The van der Waals surface area contributed by atoms with Gasteiger partial charge in [-0.05, 0) is 18.2 Å². The summed E-state index contributed by atoms with van der Waals surface area (Å²) in [7, 11) is 0. The first-order valence-electron chi connectivity index (χ1n) is 7.49. The van der Waals surface area contributed by atoms with Crippen molar-refractivity contribution in [2.75, 3.05) is 13.1 Å². The van der Waals surface area contributed by atoms with Crippen molar-refractivity contribution in [1.29, 1.82) is 0 Å². The highest BCUT2D eigenvalue weighted by atomic mass is 19.4. The summed E-state index contributed by atoms with van der Waals surface area (Å²) in [4.78, 5) is 31.8. The summed E-state index contributed by atoms with van der Waals surface area (Å²) in [6, 6.07) is 4.81. The number of ether oxygens (including phenoxy) is 1. The molecule has 1 aliphatic rings. The van der Waals surface area contributed by atoms with Crippen molar-refractivity contribution in [3.05, 3.63) is 53.6 Å². The van der Waals surface area contributed by atoms with Gasteiger partial charge >= 0.3 is 6.18 Å². The van der Waals surface area contributed by atoms with Crippen LogP contribution in [0.25, 0.3) is 0 Å². The molecule has 3 heterocycles. The molecule has 0 aromatic carbocycles. The van der Waals surface area contributed by atoms with Gasteiger partial charge in [0, 0.05) is 18.5 Å². The third-order valence-electron chi connectivity index (χ3n) is 3.72. The number of hydrogen-bond acceptors (Lipinski definition) is 5. The van der Waals surface area contributed by atoms with Crippen LogP contribution in [0.2, 0.25) is 0 Å². The minimum Gasteiger partial charge on any atom is -0.487 e. The maximum absolute atomic E-state index is 12.5. The molecule has 0 unspecified atom stereocenters. The van der Waals surface area contributed by atoms with E-state index in [0.29, 0.717) is 5.75 Å². The summed E-state index contributed by atoms with van der Waals surface area (Å²) >= 11 is 0. The third-order valence-corrected chi connectivity index (χ3v) is 3.72. The second-order valence-electron chi connectivity index (χ2n) is 5.62. The molecule has 2 aromatic rings. The quantitative estimate of drug-likeness (QED) is 0.884. The summed E-state index contributed by atoms with van der Waals surface area (Å²) in [5.41, 5.74) is 4.21. The molecule has 0 aliphatic carbocycles. The molecular weight excluding hydrogens is 353 g/mol. The largest absolute Gasteiger partial charge is 0.487 e. The number of rotatable bonds is 4. The number of nitrogens with two attached hydrogens (primary N) is 1. The van der Waals surface area contributed by atoms with Gasteiger partial charge in [0.05, 0.1) is 18.7 Å². The van der Waals surface area contributed by atoms with Gasteiger partial charge in [0.25, 0.3) is 11.8 Å². The number of primary amides is 1. The number of alkyl halides is 3. The van der Waals surface area contributed by atoms with Gasteiger partial charge in [0.15, 0.2) is 0 Å². The van der Waals surface area contributed by atoms with Crippen molar-refractivity contribution < 1.29 is 27.5 Å². The molecule has 0 bridgehead atoms. The molecule has 0 spiro atoms. The van der Waals surface area contributed by atoms with E-state index in [-0.39, 0.29) is 30.5 Å². The topological polar surface area (TPSA) is 98.4 Å². The third kappa shape index (κ3) is 3.73. The molecular formula is C16H13F3N4O3. The predicted molar refractivity (Wildman–Crippen MR) is 82.3 cm³/mol. The van der Waals surface area contributed by atoms with Crippen molar-refractivity contribution in [3.8, 4) is 5.75 Å². The smallest absolute Gasteiger partial charge is 0.433 e. The molecule has 3 rings (SSSR count). The Morgan fingerprint density at radius 2 is 1.92 bits per heavy atom. The summed E-state index contributed by atoms with van der Waals surface area (Å²) in [5, 5.41) is 0. The van der Waals surface area contributed by atoms with Crippen LogP contribution < -0.4 is 10.5 Å². The second kappa shape index (κ2) is 6.62. The lowest BCUT2D eigenvalue weighted by atomic mass is 10.1. The highest BCUT2D eigenvalue weighted by molar-refractivity contribution is 5.94. The molecule has 2 aromatic heterocycles. The van der Waals surface area contributed by atoms with Gasteiger partial charge in [-0.25, -0.2) is 0 Å². The summed E-state index contributed by atoms with van der Waals surface area (Å²) in [5.74, 6) is -0.726. The van der Waals surface area contributed by atoms with E-state index in [1.165, 1.54) is 17.2 Å². The number of pyridine rings is 2. The highest BCUT2D eigenvalue weighted by Gasteiger charge is 2.35. The lowest BCUT2D eigenvalue weighted by Gasteiger charge is -2.39. The molecule has 0 atom stereocenters. The zero-order valence-electron chi connectivity index (χ0n) is 13.2. The van der Waals surface area contributed by atoms with Gasteiger partial charge < -0.3 is 15.4 Å². The Labute approximate surface area is 145 Å². The van der Waals surface area contributed by atoms with E-state index in [2.05, 4.69) is 9.97 Å². The second-order valence-corrected chi connectivity index (χ2v) is 5.62. The van der Waals surface area contributed by atoms with E-state index in [9.17, 15) is 22.8 Å². The number of aromatic nitrogens is 2. The fourth-order valence-electron chi connectivity index (χ4n) is 2.36. The van der Waals surface area contributed by atoms with Crippen LogP contribution in [0.3, 0.4) is 0 Å². The minimum absolute atomic E-state index is 0.0607. The fourth-order valence-corrected chi connectivity index (χ4v) is 2.36. The van der Waals surface area contributed by atoms with Gasteiger partial charge in [-0.3, -0.25) is 19.6 Å². The molecule has 2 amide bonds. The number of carbonyl (C=O) groups is 2. The van der Waals surface area contributed by atoms with Gasteiger partial charge in [-0.1, -0.05) is 0 Å². The number of hydrogen-bond donors (Lipinski definition) is 1. The maximum Gasteiger partial charge on any atom is 0.433 e. The molecule has 0 saturated carbocycles. The first-order valence-corrected chi connectivity index (χ1v) is 7.49. The Bertz CT molecular complexity index is 833. The van der Waals surface area contributed by atoms with E-state index in [4.69, 9.17) is 10.5 Å². The molecule has 10 heteroatoms. The van der Waals surface area contributed by atoms with Crippen LogP contribution in [0.5, 0.6) is 5.75 Å². The van der Waals surface area contributed by atoms with Crippen molar-refractivity contribution in [2.24, 2.45) is 5.73 Å². The van der Waals surface area contributed by atoms with Gasteiger partial charge in [-0.2, -0.15) is 13.2 Å². The van der Waals surface area contributed by atoms with E-state index in [1.54, 1.807) is 6.07 Å². The van der Waals surface area contributed by atoms with Gasteiger partial charge in [0.1, 0.15) is 23.2 Å². The van der Waals surface area contributed by atoms with Gasteiger partial charge in [0.2, 0.25) is 0 Å². The average molecular weight is 366 g/mol. The molecule has 2 N–H and O–H groups in total. The van der Waals surface area contributed by atoms with Crippen LogP contribution in [-0.2, 0) is 6.18 Å². The van der Waals surface area contributed by atoms with Crippen LogP contribution in [0.1, 0.15) is 26.5 Å². The van der Waals surface area contributed by atoms with Crippen LogP contribution in [-0.4, -0.2) is 45.9 Å². The van der Waals surface area contributed by atoms with Crippen LogP contribution >= 0.6 is 0 Å². The lowest BCUT2D eigenvalue weighted by molar-refractivity contribution is -0.141. The Morgan fingerprint density at radius 1 is 1.19 bits per heavy atom. The molecule has 136 valence electrons. The Morgan fingerprint density at radius 3 is 2.50 bits per heavy atom. The van der Waals surface area contributed by atoms with Crippen LogP contribution in [0.4, 0.5) is 13.2 Å². The highest BCUT2D eigenvalue weighted by Crippen LogP contribution is 2.27. The average Bonchev–Trinajstić information content (AvgIpc) is 2.57. The van der Waals surface area contributed by atoms with Crippen LogP contribution in [0, 0.1) is 0 Å². The first-order chi connectivity index (χ1) is 12.2. The SMILES string of the molecule is NC(=O)c1cc(OC2CN(C(=O)c3ccc(C(F)(F)F)nc3)C2)ccn1. The van der Waals surface area contributed by atoms with E-state index in [0.717, 1.165) is 18.3 Å². The van der Waals surface area contributed by atoms with Crippen molar-refractivity contribution in [1.82, 2.24) is 14.9 Å². The van der Waals surface area contributed by atoms with Crippen molar-refractivity contribution in [2.45, 2.75) is 12.3 Å². The molecule has 1 aliphatic heterocycles. The monoisotopic (exact) mass is 366 g/mol. The molecule has 1 saturated heterocycles. The standard InChI is InChI=1S/C16H13F3N4O3/c17-16(18,19)13-2-1-9(6-22-13)15(25)23-7-11(8-23)26-10-3-4-21-12(5-10)14(20)24/h1-6,11H,7-8H2,(H2,20,24). The molecule has 26 heavy (non-hydrogen) atoms. The van der Waals surface area contributed by atoms with E-state index in [1.807, 2.05) is 0 Å². The van der Waals surface area contributed by atoms with E-state index >= 15 is 0 Å². The van der Waals surface area contributed by atoms with Crippen LogP contribution in [0.15, 0.2) is 36.7 Å². The zero-order valence-corrected chi connectivity index (χ0v) is 13.2. The summed E-state index contributed by atoms with van der Waals surface area (Å²) in [6.07, 6.45) is -2.57. The number of halogens is 3. The normalized spacial score (nSPS) is 14.7. The Kier molecular flexibility index (Phi) is 4.49. The minimum atomic E-state index is -4.55. The maximum atomic E-state index is 12.5. The number of nitrogens with zero attached hydrogens (tertiary/aromatic N) is 3. The first kappa shape index (κ1) is 17.6. The molecule has 0 radical (unpaired) electrons.